The van der Waals surface area contributed by atoms with Gasteiger partial charge in [-0.15, -0.1) is 0 Å². The van der Waals surface area contributed by atoms with Gasteiger partial charge in [-0.1, -0.05) is 42.5 Å². The summed E-state index contributed by atoms with van der Waals surface area (Å²) in [5.74, 6) is 1.07. The van der Waals surface area contributed by atoms with E-state index in [4.69, 9.17) is 9.47 Å². The number of para-hydroxylation sites is 2. The number of hydrogen-bond donors (Lipinski definition) is 1. The van der Waals surface area contributed by atoms with Crippen LogP contribution in [0.15, 0.2) is 66.7 Å². The summed E-state index contributed by atoms with van der Waals surface area (Å²) in [7, 11) is 3.27. The van der Waals surface area contributed by atoms with Gasteiger partial charge in [-0.3, -0.25) is 19.4 Å². The van der Waals surface area contributed by atoms with Crippen LogP contribution in [0.2, 0.25) is 0 Å². The molecule has 2 heterocycles. The first-order valence-electron chi connectivity index (χ1n) is 11.3. The molecule has 0 radical (unpaired) electrons. The van der Waals surface area contributed by atoms with E-state index in [0.717, 1.165) is 23.2 Å². The highest BCUT2D eigenvalue weighted by molar-refractivity contribution is 6.10. The molecule has 2 aliphatic heterocycles. The molecule has 0 spiro atoms. The Kier molecular flexibility index (Phi) is 5.94. The highest BCUT2D eigenvalue weighted by Gasteiger charge is 2.34. The topological polar surface area (TPSA) is 71.1 Å². The van der Waals surface area contributed by atoms with Gasteiger partial charge in [0.15, 0.2) is 11.5 Å². The molecule has 174 valence electrons. The molecule has 0 saturated heterocycles. The average molecular weight is 458 g/mol. The lowest BCUT2D eigenvalue weighted by molar-refractivity contribution is -0.123. The van der Waals surface area contributed by atoms with Crippen molar-refractivity contribution >= 4 is 23.2 Å². The van der Waals surface area contributed by atoms with Crippen LogP contribution in [-0.4, -0.2) is 50.6 Å². The largest absolute Gasteiger partial charge is 0.493 e. The molecule has 5 rings (SSSR count). The third kappa shape index (κ3) is 3.99. The van der Waals surface area contributed by atoms with Crippen LogP contribution in [0.25, 0.3) is 0 Å². The van der Waals surface area contributed by atoms with Gasteiger partial charge in [-0.2, -0.15) is 0 Å². The summed E-state index contributed by atoms with van der Waals surface area (Å²) in [6, 6.07) is 21.5. The molecule has 0 unspecified atom stereocenters. The van der Waals surface area contributed by atoms with E-state index < -0.39 is 0 Å². The van der Waals surface area contributed by atoms with Crippen LogP contribution in [0.4, 0.5) is 11.4 Å². The first-order valence-corrected chi connectivity index (χ1v) is 11.3. The Morgan fingerprint density at radius 1 is 1.00 bits per heavy atom. The maximum atomic E-state index is 13.5. The van der Waals surface area contributed by atoms with E-state index in [1.807, 2.05) is 54.6 Å². The summed E-state index contributed by atoms with van der Waals surface area (Å²) < 4.78 is 11.1. The lowest BCUT2D eigenvalue weighted by Crippen LogP contribution is -2.48. The molecular formula is C27H27N3O4. The molecule has 2 aliphatic rings. The SMILES string of the molecule is COc1cc2c(cc1OC)[C@H](c1ccccc1)N(CC(=O)N1CC(=O)Nc3ccccc31)CC2. The molecule has 7 nitrogen and oxygen atoms in total. The Bertz CT molecular complexity index is 1230. The van der Waals surface area contributed by atoms with Crippen LogP contribution in [0, 0.1) is 0 Å². The Morgan fingerprint density at radius 3 is 2.47 bits per heavy atom. The van der Waals surface area contributed by atoms with Crippen molar-refractivity contribution in [2.45, 2.75) is 12.5 Å². The minimum atomic E-state index is -0.188. The van der Waals surface area contributed by atoms with E-state index in [1.165, 1.54) is 5.56 Å². The van der Waals surface area contributed by atoms with E-state index in [-0.39, 0.29) is 30.9 Å². The zero-order valence-electron chi connectivity index (χ0n) is 19.3. The van der Waals surface area contributed by atoms with Crippen molar-refractivity contribution in [2.75, 3.05) is 44.1 Å². The molecule has 0 aliphatic carbocycles. The van der Waals surface area contributed by atoms with Crippen molar-refractivity contribution in [3.63, 3.8) is 0 Å². The van der Waals surface area contributed by atoms with Gasteiger partial charge in [0.2, 0.25) is 11.8 Å². The fourth-order valence-corrected chi connectivity index (χ4v) is 4.91. The second kappa shape index (κ2) is 9.19. The Labute approximate surface area is 198 Å². The third-order valence-corrected chi connectivity index (χ3v) is 6.50. The standard InChI is InChI=1S/C27H27N3O4/c1-33-23-14-19-12-13-29(27(18-8-4-3-5-9-18)20(19)15-24(23)34-2)17-26(32)30-16-25(31)28-21-10-6-7-11-22(21)30/h3-11,14-15,27H,12-13,16-17H2,1-2H3,(H,28,31)/t27-/m0/s1. The van der Waals surface area contributed by atoms with Gasteiger partial charge >= 0.3 is 0 Å². The van der Waals surface area contributed by atoms with Gasteiger partial charge in [-0.25, -0.2) is 0 Å². The number of amides is 2. The lowest BCUT2D eigenvalue weighted by Gasteiger charge is -2.39. The van der Waals surface area contributed by atoms with Crippen LogP contribution in [0.3, 0.4) is 0 Å². The summed E-state index contributed by atoms with van der Waals surface area (Å²) in [6.45, 7) is 0.908. The van der Waals surface area contributed by atoms with Crippen LogP contribution in [-0.2, 0) is 16.0 Å². The average Bonchev–Trinajstić information content (AvgIpc) is 2.87. The number of hydrogen-bond acceptors (Lipinski definition) is 5. The molecule has 1 N–H and O–H groups in total. The number of carbonyl (C=O) groups is 2. The maximum absolute atomic E-state index is 13.5. The van der Waals surface area contributed by atoms with Crippen molar-refractivity contribution in [3.05, 3.63) is 83.4 Å². The van der Waals surface area contributed by atoms with Crippen molar-refractivity contribution in [1.29, 1.82) is 0 Å². The minimum Gasteiger partial charge on any atom is -0.493 e. The van der Waals surface area contributed by atoms with Crippen LogP contribution in [0.1, 0.15) is 22.7 Å². The molecule has 0 saturated carbocycles. The quantitative estimate of drug-likeness (QED) is 0.634. The number of ether oxygens (including phenoxy) is 2. The van der Waals surface area contributed by atoms with Gasteiger partial charge in [0.05, 0.1) is 38.2 Å². The van der Waals surface area contributed by atoms with Crippen molar-refractivity contribution in [1.82, 2.24) is 4.90 Å². The lowest BCUT2D eigenvalue weighted by atomic mass is 9.87. The number of nitrogens with zero attached hydrogens (tertiary/aromatic N) is 2. The number of anilines is 2. The molecule has 1 atom stereocenters. The van der Waals surface area contributed by atoms with Gasteiger partial charge in [0.1, 0.15) is 6.54 Å². The van der Waals surface area contributed by atoms with Crippen LogP contribution >= 0.6 is 0 Å². The number of carbonyl (C=O) groups excluding carboxylic acids is 2. The molecule has 0 fully saturated rings. The molecule has 34 heavy (non-hydrogen) atoms. The second-order valence-electron chi connectivity index (χ2n) is 8.48. The third-order valence-electron chi connectivity index (χ3n) is 6.50. The predicted molar refractivity (Wildman–Crippen MR) is 131 cm³/mol. The second-order valence-corrected chi connectivity index (χ2v) is 8.48. The molecule has 2 amide bonds. The predicted octanol–water partition coefficient (Wildman–Crippen LogP) is 3.64. The summed E-state index contributed by atoms with van der Waals surface area (Å²) in [5, 5.41) is 2.85. The molecule has 0 aromatic heterocycles. The van der Waals surface area contributed by atoms with Crippen LogP contribution < -0.4 is 19.7 Å². The number of benzene rings is 3. The number of nitrogens with one attached hydrogen (secondary N) is 1. The first kappa shape index (κ1) is 22.0. The van der Waals surface area contributed by atoms with Crippen molar-refractivity contribution < 1.29 is 19.1 Å². The van der Waals surface area contributed by atoms with Crippen molar-refractivity contribution in [2.24, 2.45) is 0 Å². The van der Waals surface area contributed by atoms with Gasteiger partial charge in [0.25, 0.3) is 0 Å². The fourth-order valence-electron chi connectivity index (χ4n) is 4.91. The van der Waals surface area contributed by atoms with Crippen molar-refractivity contribution in [3.8, 4) is 11.5 Å². The van der Waals surface area contributed by atoms with E-state index in [9.17, 15) is 9.59 Å². The maximum Gasteiger partial charge on any atom is 0.244 e. The highest BCUT2D eigenvalue weighted by Crippen LogP contribution is 2.41. The van der Waals surface area contributed by atoms with Crippen LogP contribution in [0.5, 0.6) is 11.5 Å². The highest BCUT2D eigenvalue weighted by atomic mass is 16.5. The first-order chi connectivity index (χ1) is 16.6. The fraction of sp³-hybridized carbons (Fsp3) is 0.259. The summed E-state index contributed by atoms with van der Waals surface area (Å²) in [5.41, 5.74) is 4.76. The van der Waals surface area contributed by atoms with Gasteiger partial charge in [0, 0.05) is 6.54 Å². The smallest absolute Gasteiger partial charge is 0.244 e. The molecule has 3 aromatic rings. The van der Waals surface area contributed by atoms with Gasteiger partial charge in [-0.05, 0) is 47.4 Å². The summed E-state index contributed by atoms with van der Waals surface area (Å²) >= 11 is 0. The van der Waals surface area contributed by atoms with Gasteiger partial charge < -0.3 is 14.8 Å². The Morgan fingerprint density at radius 2 is 1.71 bits per heavy atom. The molecule has 3 aromatic carbocycles. The van der Waals surface area contributed by atoms with E-state index in [1.54, 1.807) is 19.1 Å². The number of methoxy groups -OCH3 is 2. The number of rotatable bonds is 5. The minimum absolute atomic E-state index is 0.0152. The monoisotopic (exact) mass is 457 g/mol. The normalized spacial score (nSPS) is 17.4. The molecular weight excluding hydrogens is 430 g/mol. The van der Waals surface area contributed by atoms with E-state index in [0.29, 0.717) is 23.7 Å². The summed E-state index contributed by atoms with van der Waals surface area (Å²) in [6.07, 6.45) is 0.781. The molecule has 0 bridgehead atoms. The Hall–Kier alpha value is -3.84. The number of fused-ring (bicyclic) bond motifs is 2. The summed E-state index contributed by atoms with van der Waals surface area (Å²) in [4.78, 5) is 29.6. The van der Waals surface area contributed by atoms with E-state index >= 15 is 0 Å². The Balaban J connectivity index is 1.51. The zero-order chi connectivity index (χ0) is 23.7. The van der Waals surface area contributed by atoms with E-state index in [2.05, 4.69) is 22.3 Å². The zero-order valence-corrected chi connectivity index (χ0v) is 19.3. The molecule has 7 heteroatoms.